The number of ether oxygens (including phenoxy) is 2. The molecule has 0 fully saturated rings. The molecule has 7 heteroatoms. The van der Waals surface area contributed by atoms with E-state index < -0.39 is 5.54 Å². The molecule has 0 aliphatic carbocycles. The molecule has 0 saturated heterocycles. The van der Waals surface area contributed by atoms with Crippen molar-refractivity contribution in [1.29, 1.82) is 0 Å². The minimum absolute atomic E-state index is 0. The highest BCUT2D eigenvalue weighted by molar-refractivity contribution is 6.30. The Hall–Kier alpha value is -1.95. The molecule has 142 valence electrons. The minimum Gasteiger partial charge on any atom is -0.493 e. The quantitative estimate of drug-likeness (QED) is 0.743. The maximum atomic E-state index is 12.2. The molecule has 2 aromatic rings. The van der Waals surface area contributed by atoms with Gasteiger partial charge >= 0.3 is 0 Å². The summed E-state index contributed by atoms with van der Waals surface area (Å²) in [6, 6.07) is 12.5. The van der Waals surface area contributed by atoms with Gasteiger partial charge in [0.2, 0.25) is 0 Å². The van der Waals surface area contributed by atoms with Crippen LogP contribution in [0.2, 0.25) is 5.02 Å². The summed E-state index contributed by atoms with van der Waals surface area (Å²) in [4.78, 5) is 12.2. The molecular formula is C19H24Cl2N2O3. The van der Waals surface area contributed by atoms with Crippen LogP contribution in [0.1, 0.15) is 29.8 Å². The predicted molar refractivity (Wildman–Crippen MR) is 107 cm³/mol. The predicted octanol–water partition coefficient (Wildman–Crippen LogP) is 3.82. The van der Waals surface area contributed by atoms with Crippen molar-refractivity contribution in [3.8, 4) is 11.5 Å². The highest BCUT2D eigenvalue weighted by atomic mass is 35.5. The number of carbonyl (C=O) groups is 1. The van der Waals surface area contributed by atoms with Crippen LogP contribution < -0.4 is 20.5 Å². The lowest BCUT2D eigenvalue weighted by molar-refractivity contribution is 0.0945. The van der Waals surface area contributed by atoms with E-state index >= 15 is 0 Å². The zero-order valence-electron chi connectivity index (χ0n) is 15.0. The average Bonchev–Trinajstić information content (AvgIpc) is 2.58. The van der Waals surface area contributed by atoms with Gasteiger partial charge in [0, 0.05) is 22.7 Å². The number of hydrogen-bond donors (Lipinski definition) is 2. The van der Waals surface area contributed by atoms with Gasteiger partial charge in [-0.15, -0.1) is 12.4 Å². The molecular weight excluding hydrogens is 375 g/mol. The summed E-state index contributed by atoms with van der Waals surface area (Å²) in [6.45, 7) is 4.45. The number of nitrogens with one attached hydrogen (secondary N) is 1. The van der Waals surface area contributed by atoms with Gasteiger partial charge in [-0.25, -0.2) is 0 Å². The first kappa shape index (κ1) is 22.1. The molecule has 0 unspecified atom stereocenters. The molecule has 26 heavy (non-hydrogen) atoms. The van der Waals surface area contributed by atoms with E-state index in [0.29, 0.717) is 35.2 Å². The van der Waals surface area contributed by atoms with Crippen LogP contribution >= 0.6 is 24.0 Å². The number of halogens is 2. The van der Waals surface area contributed by atoms with Gasteiger partial charge < -0.3 is 20.5 Å². The normalized spacial score (nSPS) is 10.7. The maximum Gasteiger partial charge on any atom is 0.251 e. The van der Waals surface area contributed by atoms with Crippen molar-refractivity contribution in [2.75, 3.05) is 13.7 Å². The smallest absolute Gasteiger partial charge is 0.251 e. The summed E-state index contributed by atoms with van der Waals surface area (Å²) in [6.07, 6.45) is 0. The van der Waals surface area contributed by atoms with Crippen LogP contribution in [0, 0.1) is 0 Å². The Balaban J connectivity index is 0.00000338. The number of hydrogen-bond acceptors (Lipinski definition) is 4. The third-order valence-corrected chi connectivity index (χ3v) is 3.69. The number of carbonyl (C=O) groups excluding carboxylic acids is 1. The lowest BCUT2D eigenvalue weighted by atomic mass is 10.1. The molecule has 2 aromatic carbocycles. The molecule has 0 radical (unpaired) electrons. The van der Waals surface area contributed by atoms with Gasteiger partial charge in [-0.2, -0.15) is 0 Å². The lowest BCUT2D eigenvalue weighted by Crippen LogP contribution is -2.45. The Bertz CT molecular complexity index is 729. The number of nitrogens with two attached hydrogens (primary N) is 1. The van der Waals surface area contributed by atoms with Gasteiger partial charge in [0.05, 0.1) is 7.11 Å². The molecule has 0 aliphatic heterocycles. The summed E-state index contributed by atoms with van der Waals surface area (Å²) in [5.74, 6) is 0.850. The summed E-state index contributed by atoms with van der Waals surface area (Å²) in [5.41, 5.74) is 6.88. The number of benzene rings is 2. The van der Waals surface area contributed by atoms with Crippen molar-refractivity contribution in [1.82, 2.24) is 5.32 Å². The highest BCUT2D eigenvalue weighted by Gasteiger charge is 2.15. The molecule has 2 rings (SSSR count). The van der Waals surface area contributed by atoms with Crippen LogP contribution in [0.4, 0.5) is 0 Å². The molecule has 0 bridgehead atoms. The Morgan fingerprint density at radius 2 is 1.81 bits per heavy atom. The Morgan fingerprint density at radius 1 is 1.15 bits per heavy atom. The molecule has 0 aliphatic rings. The van der Waals surface area contributed by atoms with E-state index in [1.807, 2.05) is 38.1 Å². The fraction of sp³-hybridized carbons (Fsp3) is 0.316. The van der Waals surface area contributed by atoms with Gasteiger partial charge in [0.15, 0.2) is 11.5 Å². The summed E-state index contributed by atoms with van der Waals surface area (Å²) < 4.78 is 11.1. The highest BCUT2D eigenvalue weighted by Crippen LogP contribution is 2.29. The van der Waals surface area contributed by atoms with Crippen molar-refractivity contribution < 1.29 is 14.3 Å². The topological polar surface area (TPSA) is 73.6 Å². The first-order chi connectivity index (χ1) is 11.8. The zero-order valence-corrected chi connectivity index (χ0v) is 16.6. The van der Waals surface area contributed by atoms with Crippen LogP contribution in [0.25, 0.3) is 0 Å². The second-order valence-corrected chi connectivity index (χ2v) is 6.89. The molecule has 5 nitrogen and oxygen atoms in total. The van der Waals surface area contributed by atoms with Crippen LogP contribution in [0.3, 0.4) is 0 Å². The molecule has 3 N–H and O–H groups in total. The standard InChI is InChI=1S/C19H23ClN2O3.ClH/c1-19(2,21)12-22-18(23)14-6-9-16(17(10-14)24-3)25-11-13-4-7-15(20)8-5-13;/h4-10H,11-12,21H2,1-3H3,(H,22,23);1H. The van der Waals surface area contributed by atoms with Crippen LogP contribution in [0.5, 0.6) is 11.5 Å². The fourth-order valence-corrected chi connectivity index (χ4v) is 2.21. The number of amides is 1. The second kappa shape index (κ2) is 9.67. The van der Waals surface area contributed by atoms with E-state index in [9.17, 15) is 4.79 Å². The SMILES string of the molecule is COc1cc(C(=O)NCC(C)(C)N)ccc1OCc1ccc(Cl)cc1.Cl. The summed E-state index contributed by atoms with van der Waals surface area (Å²) in [5, 5.41) is 3.48. The maximum absolute atomic E-state index is 12.2. The van der Waals surface area contributed by atoms with Crippen LogP contribution in [0.15, 0.2) is 42.5 Å². The largest absolute Gasteiger partial charge is 0.493 e. The molecule has 0 aromatic heterocycles. The first-order valence-electron chi connectivity index (χ1n) is 7.91. The van der Waals surface area contributed by atoms with E-state index in [1.54, 1.807) is 18.2 Å². The van der Waals surface area contributed by atoms with E-state index in [1.165, 1.54) is 7.11 Å². The molecule has 0 heterocycles. The van der Waals surface area contributed by atoms with Gasteiger partial charge in [0.25, 0.3) is 5.91 Å². The van der Waals surface area contributed by atoms with Crippen LogP contribution in [-0.4, -0.2) is 25.1 Å². The van der Waals surface area contributed by atoms with Gasteiger partial charge in [-0.3, -0.25) is 4.79 Å². The molecule has 1 amide bonds. The third-order valence-electron chi connectivity index (χ3n) is 3.44. The van der Waals surface area contributed by atoms with Crippen molar-refractivity contribution in [2.45, 2.75) is 26.0 Å². The Morgan fingerprint density at radius 3 is 2.38 bits per heavy atom. The van der Waals surface area contributed by atoms with Gasteiger partial charge in [0.1, 0.15) is 6.61 Å². The van der Waals surface area contributed by atoms with Crippen molar-refractivity contribution >= 4 is 29.9 Å². The van der Waals surface area contributed by atoms with E-state index in [0.717, 1.165) is 5.56 Å². The number of rotatable bonds is 7. The summed E-state index contributed by atoms with van der Waals surface area (Å²) >= 11 is 5.87. The number of methoxy groups -OCH3 is 1. The van der Waals surface area contributed by atoms with Gasteiger partial charge in [-0.05, 0) is 49.7 Å². The molecule has 0 atom stereocenters. The molecule has 0 saturated carbocycles. The van der Waals surface area contributed by atoms with Gasteiger partial charge in [-0.1, -0.05) is 23.7 Å². The Kier molecular flexibility index (Phi) is 8.21. The second-order valence-electron chi connectivity index (χ2n) is 6.45. The fourth-order valence-electron chi connectivity index (χ4n) is 2.08. The Labute approximate surface area is 165 Å². The summed E-state index contributed by atoms with van der Waals surface area (Å²) in [7, 11) is 1.54. The van der Waals surface area contributed by atoms with Crippen LogP contribution in [-0.2, 0) is 6.61 Å². The van der Waals surface area contributed by atoms with E-state index in [4.69, 9.17) is 26.8 Å². The minimum atomic E-state index is -0.471. The molecule has 0 spiro atoms. The zero-order chi connectivity index (χ0) is 18.4. The van der Waals surface area contributed by atoms with E-state index in [-0.39, 0.29) is 18.3 Å². The van der Waals surface area contributed by atoms with Crippen molar-refractivity contribution in [3.05, 3.63) is 58.6 Å². The van der Waals surface area contributed by atoms with Crippen molar-refractivity contribution in [2.24, 2.45) is 5.73 Å². The monoisotopic (exact) mass is 398 g/mol. The van der Waals surface area contributed by atoms with Crippen molar-refractivity contribution in [3.63, 3.8) is 0 Å². The van der Waals surface area contributed by atoms with E-state index in [2.05, 4.69) is 5.32 Å². The first-order valence-corrected chi connectivity index (χ1v) is 8.28. The lowest BCUT2D eigenvalue weighted by Gasteiger charge is -2.19. The average molecular weight is 399 g/mol. The third kappa shape index (κ3) is 6.75.